The highest BCUT2D eigenvalue weighted by atomic mass is 35.5. The number of hydrogen-bond donors (Lipinski definition) is 0. The minimum absolute atomic E-state index is 0. The van der Waals surface area contributed by atoms with Gasteiger partial charge in [-0.2, -0.15) is 0 Å². The lowest BCUT2D eigenvalue weighted by Crippen LogP contribution is -2.32. The number of hydrogen-bond acceptors (Lipinski definition) is 0. The molecule has 4 aromatic carbocycles. The van der Waals surface area contributed by atoms with Gasteiger partial charge in [0.2, 0.25) is 0 Å². The first-order chi connectivity index (χ1) is 13.3. The molecule has 0 aliphatic carbocycles. The molecule has 4 aromatic rings. The van der Waals surface area contributed by atoms with Crippen molar-refractivity contribution in [1.29, 1.82) is 0 Å². The van der Waals surface area contributed by atoms with E-state index in [1.165, 1.54) is 21.5 Å². The van der Waals surface area contributed by atoms with E-state index in [1.807, 2.05) is 12.1 Å². The summed E-state index contributed by atoms with van der Waals surface area (Å²) in [6.45, 7) is 0. The van der Waals surface area contributed by atoms with Gasteiger partial charge >= 0.3 is 0 Å². The lowest BCUT2D eigenvalue weighted by molar-refractivity contribution is 1.39. The maximum absolute atomic E-state index is 6.14. The van der Waals surface area contributed by atoms with Gasteiger partial charge in [-0.05, 0) is 40.9 Å². The van der Waals surface area contributed by atoms with Crippen LogP contribution < -0.4 is 15.9 Å². The minimum atomic E-state index is -1.83. The average Bonchev–Trinajstić information content (AvgIpc) is 2.75. The fraction of sp³-hybridized carbons (Fsp3) is 0.0400. The molecule has 0 heterocycles. The summed E-state index contributed by atoms with van der Waals surface area (Å²) in [6.07, 6.45) is 0.974. The van der Waals surface area contributed by atoms with Gasteiger partial charge in [0, 0.05) is 11.2 Å². The first-order valence-electron chi connectivity index (χ1n) is 9.08. The Bertz CT molecular complexity index is 888. The molecule has 0 atom stereocenters. The first-order valence-corrected chi connectivity index (χ1v) is 11.4. The summed E-state index contributed by atoms with van der Waals surface area (Å²) in [4.78, 5) is 0. The smallest absolute Gasteiger partial charge is 0.0406 e. The molecular weight excluding hydrogens is 402 g/mol. The zero-order chi connectivity index (χ0) is 18.5. The third kappa shape index (κ3) is 4.15. The highest BCUT2D eigenvalue weighted by Crippen LogP contribution is 2.58. The summed E-state index contributed by atoms with van der Waals surface area (Å²) in [7, 11) is -1.83. The van der Waals surface area contributed by atoms with Crippen LogP contribution in [0.2, 0.25) is 5.02 Å². The van der Waals surface area contributed by atoms with Crippen LogP contribution in [0.4, 0.5) is 0 Å². The van der Waals surface area contributed by atoms with Crippen molar-refractivity contribution >= 4 is 47.2 Å². The Morgan fingerprint density at radius 1 is 0.500 bits per heavy atom. The Kier molecular flexibility index (Phi) is 6.92. The van der Waals surface area contributed by atoms with Crippen molar-refractivity contribution in [3.63, 3.8) is 0 Å². The molecule has 0 bridgehead atoms. The highest BCUT2D eigenvalue weighted by molar-refractivity contribution is 7.95. The monoisotopic (exact) mass is 423 g/mol. The summed E-state index contributed by atoms with van der Waals surface area (Å²) in [6, 6.07) is 41.2. The van der Waals surface area contributed by atoms with E-state index in [9.17, 15) is 0 Å². The van der Waals surface area contributed by atoms with Crippen molar-refractivity contribution in [2.45, 2.75) is 6.16 Å². The van der Waals surface area contributed by atoms with Crippen LogP contribution in [0.25, 0.3) is 0 Å². The van der Waals surface area contributed by atoms with Gasteiger partial charge in [-0.3, -0.25) is 0 Å². The van der Waals surface area contributed by atoms with Gasteiger partial charge in [0.1, 0.15) is 0 Å². The SMILES string of the molecule is Cl.Clc1ccc(C[P](c2ccccc2)(c2ccccc2)c2ccccc2)cc1. The Balaban J connectivity index is 0.00000225. The van der Waals surface area contributed by atoms with Gasteiger partial charge in [0.05, 0.1) is 0 Å². The molecule has 0 aliphatic rings. The lowest BCUT2D eigenvalue weighted by Gasteiger charge is -2.38. The van der Waals surface area contributed by atoms with Gasteiger partial charge in [-0.15, -0.1) is 12.4 Å². The van der Waals surface area contributed by atoms with Crippen LogP contribution in [0.3, 0.4) is 0 Å². The molecule has 0 saturated carbocycles. The molecule has 28 heavy (non-hydrogen) atoms. The van der Waals surface area contributed by atoms with Crippen molar-refractivity contribution in [2.75, 3.05) is 0 Å². The van der Waals surface area contributed by atoms with E-state index in [1.54, 1.807) is 0 Å². The predicted octanol–water partition coefficient (Wildman–Crippen LogP) is 6.26. The third-order valence-electron chi connectivity index (χ3n) is 4.92. The van der Waals surface area contributed by atoms with Crippen molar-refractivity contribution in [3.05, 3.63) is 126 Å². The van der Waals surface area contributed by atoms with Gasteiger partial charge < -0.3 is 0 Å². The van der Waals surface area contributed by atoms with E-state index in [0.29, 0.717) is 0 Å². The van der Waals surface area contributed by atoms with Crippen LogP contribution in [0.15, 0.2) is 115 Å². The number of rotatable bonds is 5. The molecular formula is C25H22Cl2P. The van der Waals surface area contributed by atoms with Crippen molar-refractivity contribution in [2.24, 2.45) is 0 Å². The van der Waals surface area contributed by atoms with Crippen LogP contribution in [-0.4, -0.2) is 0 Å². The molecule has 141 valence electrons. The third-order valence-corrected chi connectivity index (χ3v) is 9.55. The fourth-order valence-electron chi connectivity index (χ4n) is 3.63. The van der Waals surface area contributed by atoms with Crippen LogP contribution >= 0.6 is 31.3 Å². The lowest BCUT2D eigenvalue weighted by atomic mass is 10.2. The van der Waals surface area contributed by atoms with E-state index in [4.69, 9.17) is 11.6 Å². The molecule has 0 unspecified atom stereocenters. The first kappa shape index (κ1) is 20.6. The van der Waals surface area contributed by atoms with Crippen molar-refractivity contribution in [1.82, 2.24) is 0 Å². The maximum atomic E-state index is 6.14. The second-order valence-electron chi connectivity index (χ2n) is 6.60. The zero-order valence-electron chi connectivity index (χ0n) is 15.4. The molecule has 0 N–H and O–H groups in total. The largest absolute Gasteiger partial charge is 0.147 e. The normalized spacial score (nSPS) is 10.9. The number of halogens is 2. The summed E-state index contributed by atoms with van der Waals surface area (Å²) in [5.41, 5.74) is 1.31. The van der Waals surface area contributed by atoms with E-state index >= 15 is 0 Å². The molecule has 0 spiro atoms. The zero-order valence-corrected chi connectivity index (χ0v) is 17.9. The second-order valence-corrected chi connectivity index (χ2v) is 10.5. The molecule has 4 rings (SSSR count). The van der Waals surface area contributed by atoms with E-state index in [2.05, 4.69) is 103 Å². The Labute approximate surface area is 179 Å². The van der Waals surface area contributed by atoms with E-state index < -0.39 is 7.26 Å². The molecule has 0 nitrogen and oxygen atoms in total. The molecule has 0 amide bonds. The van der Waals surface area contributed by atoms with Crippen molar-refractivity contribution < 1.29 is 0 Å². The molecule has 1 radical (unpaired) electrons. The van der Waals surface area contributed by atoms with Gasteiger partial charge in [0.25, 0.3) is 0 Å². The summed E-state index contributed by atoms with van der Waals surface area (Å²) >= 11 is 6.14. The van der Waals surface area contributed by atoms with Crippen molar-refractivity contribution in [3.8, 4) is 0 Å². The fourth-order valence-corrected chi connectivity index (χ4v) is 8.00. The maximum Gasteiger partial charge on any atom is 0.0406 e. The summed E-state index contributed by atoms with van der Waals surface area (Å²) < 4.78 is 0. The molecule has 0 aliphatic heterocycles. The van der Waals surface area contributed by atoms with E-state index in [-0.39, 0.29) is 12.4 Å². The quantitative estimate of drug-likeness (QED) is 0.332. The summed E-state index contributed by atoms with van der Waals surface area (Å²) in [5, 5.41) is 4.98. The highest BCUT2D eigenvalue weighted by Gasteiger charge is 2.33. The predicted molar refractivity (Wildman–Crippen MR) is 128 cm³/mol. The second kappa shape index (κ2) is 9.39. The Hall–Kier alpha value is -2.11. The molecule has 0 saturated heterocycles. The molecule has 0 aromatic heterocycles. The molecule has 0 fully saturated rings. The van der Waals surface area contributed by atoms with Crippen LogP contribution in [0, 0.1) is 0 Å². The average molecular weight is 424 g/mol. The van der Waals surface area contributed by atoms with Crippen LogP contribution in [-0.2, 0) is 6.16 Å². The molecule has 3 heteroatoms. The number of benzene rings is 4. The van der Waals surface area contributed by atoms with Gasteiger partial charge in [-0.1, -0.05) is 115 Å². The van der Waals surface area contributed by atoms with Gasteiger partial charge in [0.15, 0.2) is 0 Å². The standard InChI is InChI=1S/C25H21ClP.ClH/c26-22-18-16-21(17-19-22)20-27(23-10-4-1-5-11-23,24-12-6-2-7-13-24)25-14-8-3-9-15-25;/h1-19H,20H2;1H. The van der Waals surface area contributed by atoms with Crippen LogP contribution in [0.5, 0.6) is 0 Å². The van der Waals surface area contributed by atoms with Gasteiger partial charge in [-0.25, -0.2) is 0 Å². The Morgan fingerprint density at radius 2 is 0.857 bits per heavy atom. The van der Waals surface area contributed by atoms with Crippen LogP contribution in [0.1, 0.15) is 5.56 Å². The summed E-state index contributed by atoms with van der Waals surface area (Å²) in [5.74, 6) is 0. The Morgan fingerprint density at radius 3 is 1.21 bits per heavy atom. The topological polar surface area (TPSA) is 0 Å². The minimum Gasteiger partial charge on any atom is -0.147 e. The van der Waals surface area contributed by atoms with E-state index in [0.717, 1.165) is 11.2 Å².